The second kappa shape index (κ2) is 6.22. The minimum absolute atomic E-state index is 0.197. The fourth-order valence-corrected chi connectivity index (χ4v) is 2.76. The number of nitrogens with one attached hydrogen (secondary N) is 1. The molecule has 1 aliphatic heterocycles. The molecule has 110 valence electrons. The molecule has 2 rings (SSSR count). The molecule has 1 fully saturated rings. The topological polar surface area (TPSA) is 58.4 Å². The van der Waals surface area contributed by atoms with Crippen molar-refractivity contribution >= 4 is 11.4 Å². The van der Waals surface area contributed by atoms with Gasteiger partial charge in [-0.3, -0.25) is 10.1 Å². The normalized spacial score (nSPS) is 18.5. The maximum absolute atomic E-state index is 11.3. The summed E-state index contributed by atoms with van der Waals surface area (Å²) in [7, 11) is 0. The van der Waals surface area contributed by atoms with E-state index in [2.05, 4.69) is 24.1 Å². The molecule has 1 N–H and O–H groups in total. The van der Waals surface area contributed by atoms with E-state index in [0.717, 1.165) is 30.8 Å². The summed E-state index contributed by atoms with van der Waals surface area (Å²) in [6.45, 7) is 8.01. The van der Waals surface area contributed by atoms with Crippen molar-refractivity contribution in [2.24, 2.45) is 0 Å². The summed E-state index contributed by atoms with van der Waals surface area (Å²) >= 11 is 0. The van der Waals surface area contributed by atoms with E-state index < -0.39 is 0 Å². The van der Waals surface area contributed by atoms with Gasteiger partial charge in [-0.15, -0.1) is 0 Å². The smallest absolute Gasteiger partial charge is 0.292 e. The van der Waals surface area contributed by atoms with Crippen LogP contribution >= 0.6 is 0 Å². The summed E-state index contributed by atoms with van der Waals surface area (Å²) in [4.78, 5) is 13.1. The molecule has 5 nitrogen and oxygen atoms in total. The third-order valence-electron chi connectivity index (χ3n) is 3.84. The highest BCUT2D eigenvalue weighted by Crippen LogP contribution is 2.31. The van der Waals surface area contributed by atoms with Gasteiger partial charge in [0.2, 0.25) is 0 Å². The molecule has 1 heterocycles. The van der Waals surface area contributed by atoms with Crippen molar-refractivity contribution in [3.63, 3.8) is 0 Å². The minimum atomic E-state index is -0.285. The van der Waals surface area contributed by atoms with E-state index in [9.17, 15) is 10.1 Å². The van der Waals surface area contributed by atoms with Gasteiger partial charge in [0, 0.05) is 24.7 Å². The van der Waals surface area contributed by atoms with E-state index in [1.54, 1.807) is 12.1 Å². The summed E-state index contributed by atoms with van der Waals surface area (Å²) in [5.74, 6) is 0. The lowest BCUT2D eigenvalue weighted by atomic mass is 10.1. The Bertz CT molecular complexity index is 482. The van der Waals surface area contributed by atoms with Crippen LogP contribution in [0.1, 0.15) is 32.3 Å². The summed E-state index contributed by atoms with van der Waals surface area (Å²) in [5.41, 5.74) is 1.98. The number of nitro benzene ring substituents is 1. The molecule has 0 bridgehead atoms. The van der Waals surface area contributed by atoms with Crippen LogP contribution in [0.5, 0.6) is 0 Å². The number of anilines is 1. The second-order valence-electron chi connectivity index (χ2n) is 5.79. The van der Waals surface area contributed by atoms with Crippen molar-refractivity contribution in [1.29, 1.82) is 0 Å². The van der Waals surface area contributed by atoms with Gasteiger partial charge in [-0.05, 0) is 51.8 Å². The Balaban J connectivity index is 2.32. The van der Waals surface area contributed by atoms with E-state index in [-0.39, 0.29) is 16.7 Å². The van der Waals surface area contributed by atoms with Crippen LogP contribution in [0.2, 0.25) is 0 Å². The Morgan fingerprint density at radius 2 is 2.25 bits per heavy atom. The van der Waals surface area contributed by atoms with Crippen LogP contribution in [0.4, 0.5) is 11.4 Å². The third-order valence-corrected chi connectivity index (χ3v) is 3.84. The Kier molecular flexibility index (Phi) is 4.60. The highest BCUT2D eigenvalue weighted by molar-refractivity contribution is 5.65. The summed E-state index contributed by atoms with van der Waals surface area (Å²) < 4.78 is 0. The van der Waals surface area contributed by atoms with Crippen LogP contribution in [0.25, 0.3) is 0 Å². The number of aryl methyl sites for hydroxylation is 1. The monoisotopic (exact) mass is 277 g/mol. The molecule has 1 saturated heterocycles. The fraction of sp³-hybridized carbons (Fsp3) is 0.600. The Morgan fingerprint density at radius 3 is 2.80 bits per heavy atom. The van der Waals surface area contributed by atoms with Crippen LogP contribution in [0, 0.1) is 17.0 Å². The molecule has 0 saturated carbocycles. The van der Waals surface area contributed by atoms with Crippen LogP contribution in [0.15, 0.2) is 18.2 Å². The molecular weight excluding hydrogens is 254 g/mol. The van der Waals surface area contributed by atoms with Gasteiger partial charge in [0.05, 0.1) is 4.92 Å². The van der Waals surface area contributed by atoms with Crippen molar-refractivity contribution in [2.45, 2.75) is 45.7 Å². The lowest BCUT2D eigenvalue weighted by molar-refractivity contribution is -0.384. The predicted octanol–water partition coefficient (Wildman–Crippen LogP) is 2.87. The zero-order chi connectivity index (χ0) is 14.7. The van der Waals surface area contributed by atoms with Gasteiger partial charge < -0.3 is 10.2 Å². The van der Waals surface area contributed by atoms with Crippen LogP contribution in [-0.2, 0) is 0 Å². The predicted molar refractivity (Wildman–Crippen MR) is 81.3 cm³/mol. The molecular formula is C15H23N3O2. The van der Waals surface area contributed by atoms with Crippen LogP contribution in [0.3, 0.4) is 0 Å². The Labute approximate surface area is 120 Å². The number of hydrogen-bond donors (Lipinski definition) is 1. The van der Waals surface area contributed by atoms with E-state index in [0.29, 0.717) is 6.04 Å². The maximum Gasteiger partial charge on any atom is 0.292 e. The quantitative estimate of drug-likeness (QED) is 0.664. The van der Waals surface area contributed by atoms with Crippen molar-refractivity contribution in [3.05, 3.63) is 33.9 Å². The highest BCUT2D eigenvalue weighted by Gasteiger charge is 2.25. The van der Waals surface area contributed by atoms with Gasteiger partial charge in [-0.1, -0.05) is 6.07 Å². The van der Waals surface area contributed by atoms with Crippen molar-refractivity contribution in [3.8, 4) is 0 Å². The zero-order valence-corrected chi connectivity index (χ0v) is 12.4. The number of benzene rings is 1. The molecule has 0 radical (unpaired) electrons. The van der Waals surface area contributed by atoms with Crippen molar-refractivity contribution in [2.75, 3.05) is 18.0 Å². The summed E-state index contributed by atoms with van der Waals surface area (Å²) in [6, 6.07) is 6.00. The molecule has 1 atom stereocenters. The second-order valence-corrected chi connectivity index (χ2v) is 5.79. The Hall–Kier alpha value is -1.62. The average molecular weight is 277 g/mol. The SMILES string of the molecule is Cc1ccc([N+](=O)[O-])c(N(CC2CCCN2)C(C)C)c1. The molecule has 1 aromatic rings. The Morgan fingerprint density at radius 1 is 1.50 bits per heavy atom. The number of nitrogens with zero attached hydrogens (tertiary/aromatic N) is 2. The first-order valence-electron chi connectivity index (χ1n) is 7.24. The van der Waals surface area contributed by atoms with Crippen LogP contribution < -0.4 is 10.2 Å². The van der Waals surface area contributed by atoms with Gasteiger partial charge in [-0.25, -0.2) is 0 Å². The van der Waals surface area contributed by atoms with Gasteiger partial charge in [0.25, 0.3) is 5.69 Å². The first-order valence-corrected chi connectivity index (χ1v) is 7.24. The summed E-state index contributed by atoms with van der Waals surface area (Å²) in [5, 5.41) is 14.7. The average Bonchev–Trinajstić information content (AvgIpc) is 2.87. The van der Waals surface area contributed by atoms with E-state index >= 15 is 0 Å². The number of rotatable bonds is 5. The lowest BCUT2D eigenvalue weighted by Gasteiger charge is -2.31. The fourth-order valence-electron chi connectivity index (χ4n) is 2.76. The molecule has 0 aliphatic carbocycles. The maximum atomic E-state index is 11.3. The summed E-state index contributed by atoms with van der Waals surface area (Å²) in [6.07, 6.45) is 2.33. The van der Waals surface area contributed by atoms with Crippen molar-refractivity contribution in [1.82, 2.24) is 5.32 Å². The van der Waals surface area contributed by atoms with Gasteiger partial charge in [0.1, 0.15) is 5.69 Å². The van der Waals surface area contributed by atoms with Gasteiger partial charge >= 0.3 is 0 Å². The molecule has 1 aromatic carbocycles. The molecule has 0 spiro atoms. The molecule has 5 heteroatoms. The van der Waals surface area contributed by atoms with Crippen LogP contribution in [-0.4, -0.2) is 30.1 Å². The van der Waals surface area contributed by atoms with Crippen molar-refractivity contribution < 1.29 is 4.92 Å². The first-order chi connectivity index (χ1) is 9.49. The highest BCUT2D eigenvalue weighted by atomic mass is 16.6. The number of hydrogen-bond acceptors (Lipinski definition) is 4. The van der Waals surface area contributed by atoms with E-state index in [1.807, 2.05) is 13.0 Å². The first kappa shape index (κ1) is 14.8. The largest absolute Gasteiger partial charge is 0.362 e. The molecule has 1 unspecified atom stereocenters. The number of nitro groups is 1. The standard InChI is InChI=1S/C15H23N3O2/c1-11(2)17(10-13-5-4-8-16-13)15-9-12(3)6-7-14(15)18(19)20/h6-7,9,11,13,16H,4-5,8,10H2,1-3H3. The third kappa shape index (κ3) is 3.28. The molecule has 1 aliphatic rings. The van der Waals surface area contributed by atoms with Gasteiger partial charge in [-0.2, -0.15) is 0 Å². The lowest BCUT2D eigenvalue weighted by Crippen LogP contribution is -2.41. The minimum Gasteiger partial charge on any atom is -0.362 e. The molecule has 20 heavy (non-hydrogen) atoms. The zero-order valence-electron chi connectivity index (χ0n) is 12.4. The van der Waals surface area contributed by atoms with Gasteiger partial charge in [0.15, 0.2) is 0 Å². The molecule has 0 amide bonds. The van der Waals surface area contributed by atoms with E-state index in [1.165, 1.54) is 6.42 Å². The van der Waals surface area contributed by atoms with E-state index in [4.69, 9.17) is 0 Å². The molecule has 0 aromatic heterocycles.